The number of nitrogen functional groups attached to an aromatic ring is 1. The maximum Gasteiger partial charge on any atom is 0.362 e. The number of aromatic nitrogens is 3. The molecular weight excluding hydrogens is 596 g/mol. The number of rotatable bonds is 13. The van der Waals surface area contributed by atoms with Gasteiger partial charge in [0, 0.05) is 5.38 Å². The number of β-lactam (4-membered cyclic amide) rings is 1. The molecule has 0 spiro atoms. The van der Waals surface area contributed by atoms with Gasteiger partial charge in [-0.3, -0.25) is 14.1 Å². The van der Waals surface area contributed by atoms with E-state index in [1.807, 2.05) is 28.7 Å². The van der Waals surface area contributed by atoms with Crippen LogP contribution < -0.4 is 26.2 Å². The van der Waals surface area contributed by atoms with Crippen molar-refractivity contribution in [2.45, 2.75) is 38.1 Å². The Morgan fingerprint density at radius 2 is 2.10 bits per heavy atom. The van der Waals surface area contributed by atoms with E-state index >= 15 is 0 Å². The average Bonchev–Trinajstić information content (AvgIpc) is 3.48. The molecule has 4 rings (SSSR count). The van der Waals surface area contributed by atoms with Crippen LogP contribution in [-0.4, -0.2) is 86.9 Å². The van der Waals surface area contributed by atoms with Gasteiger partial charge in [0.25, 0.3) is 17.9 Å². The Bertz CT molecular complexity index is 1650. The van der Waals surface area contributed by atoms with E-state index in [1.54, 1.807) is 12.1 Å². The number of oxime groups is 1. The Balaban J connectivity index is 1.49. The van der Waals surface area contributed by atoms with Gasteiger partial charge >= 0.3 is 16.3 Å². The number of hydrogen-bond acceptors (Lipinski definition) is 12. The molecule has 226 valence electrons. The minimum atomic E-state index is -4.82. The summed E-state index contributed by atoms with van der Waals surface area (Å²) in [6.07, 6.45) is 1.02. The SMILES string of the molecule is CC1[C@H](NC(=O)/C(=N\OC(COc2ccc3c(c2)c[n+](C)n3CCCN)C(=O)O)c2csc(N)n2)C(=O)N1S(=O)(=O)O. The second-order valence-electron chi connectivity index (χ2n) is 9.25. The highest BCUT2D eigenvalue weighted by Crippen LogP contribution is 2.24. The van der Waals surface area contributed by atoms with Crippen molar-refractivity contribution in [3.8, 4) is 5.75 Å². The van der Waals surface area contributed by atoms with E-state index in [4.69, 9.17) is 21.0 Å². The molecule has 0 saturated carbocycles. The predicted molar refractivity (Wildman–Crippen MR) is 148 cm³/mol. The van der Waals surface area contributed by atoms with Crippen molar-refractivity contribution in [2.75, 3.05) is 18.9 Å². The maximum absolute atomic E-state index is 13.0. The van der Waals surface area contributed by atoms with Crippen molar-refractivity contribution in [2.24, 2.45) is 17.9 Å². The number of carboxylic acids is 1. The van der Waals surface area contributed by atoms with Gasteiger partial charge in [-0.2, -0.15) is 13.1 Å². The molecule has 1 aliphatic rings. The summed E-state index contributed by atoms with van der Waals surface area (Å²) < 4.78 is 41.7. The fourth-order valence-corrected chi connectivity index (χ4v) is 5.70. The van der Waals surface area contributed by atoms with Gasteiger partial charge < -0.3 is 31.5 Å². The smallest absolute Gasteiger partial charge is 0.362 e. The number of aliphatic carboxylic acids is 1. The lowest BCUT2D eigenvalue weighted by Crippen LogP contribution is -2.71. The topological polar surface area (TPSA) is 246 Å². The lowest BCUT2D eigenvalue weighted by atomic mass is 10.0. The van der Waals surface area contributed by atoms with E-state index in [2.05, 4.69) is 15.5 Å². The first-order valence-electron chi connectivity index (χ1n) is 12.4. The molecule has 3 aromatic rings. The van der Waals surface area contributed by atoms with Crippen LogP contribution in [0.15, 0.2) is 34.9 Å². The van der Waals surface area contributed by atoms with Crippen LogP contribution in [0.25, 0.3) is 10.9 Å². The molecule has 1 saturated heterocycles. The quantitative estimate of drug-likeness (QED) is 0.0485. The third kappa shape index (κ3) is 6.43. The molecule has 7 N–H and O–H groups in total. The second-order valence-corrected chi connectivity index (χ2v) is 11.4. The van der Waals surface area contributed by atoms with Gasteiger partial charge in [-0.1, -0.05) is 5.16 Å². The number of aryl methyl sites for hydroxylation is 2. The predicted octanol–water partition coefficient (Wildman–Crippen LogP) is -1.38. The van der Waals surface area contributed by atoms with Crippen molar-refractivity contribution in [3.05, 3.63) is 35.5 Å². The van der Waals surface area contributed by atoms with Crippen molar-refractivity contribution in [1.82, 2.24) is 19.3 Å². The number of amides is 2. The molecule has 1 aromatic carbocycles. The molecule has 0 bridgehead atoms. The Morgan fingerprint density at radius 3 is 2.69 bits per heavy atom. The van der Waals surface area contributed by atoms with Crippen LogP contribution in [0.2, 0.25) is 0 Å². The summed E-state index contributed by atoms with van der Waals surface area (Å²) >= 11 is 0.962. The zero-order valence-corrected chi connectivity index (χ0v) is 24.0. The molecule has 1 aliphatic heterocycles. The highest BCUT2D eigenvalue weighted by atomic mass is 32.2. The molecule has 17 nitrogen and oxygen atoms in total. The average molecular weight is 626 g/mol. The fraction of sp³-hybridized carbons (Fsp3) is 0.391. The molecule has 19 heteroatoms. The molecule has 2 aromatic heterocycles. The van der Waals surface area contributed by atoms with E-state index in [1.165, 1.54) is 12.3 Å². The number of ether oxygens (including phenoxy) is 1. The number of carboxylic acid groups (broad SMARTS) is 1. The van der Waals surface area contributed by atoms with E-state index in [-0.39, 0.29) is 15.1 Å². The van der Waals surface area contributed by atoms with Crippen molar-refractivity contribution < 1.29 is 46.7 Å². The number of hydrogen-bond donors (Lipinski definition) is 5. The normalized spacial score (nSPS) is 18.0. The number of carbonyl (C=O) groups excluding carboxylic acids is 2. The minimum Gasteiger partial charge on any atom is -0.489 e. The third-order valence-corrected chi connectivity index (χ3v) is 8.04. The summed E-state index contributed by atoms with van der Waals surface area (Å²) in [6, 6.07) is 2.82. The molecule has 1 fully saturated rings. The number of fused-ring (bicyclic) bond motifs is 1. The zero-order valence-electron chi connectivity index (χ0n) is 22.4. The van der Waals surface area contributed by atoms with E-state index in [9.17, 15) is 32.5 Å². The van der Waals surface area contributed by atoms with Crippen LogP contribution >= 0.6 is 11.3 Å². The van der Waals surface area contributed by atoms with Crippen LogP contribution in [0.4, 0.5) is 5.13 Å². The minimum absolute atomic E-state index is 0.0647. The van der Waals surface area contributed by atoms with Gasteiger partial charge in [0.15, 0.2) is 17.9 Å². The van der Waals surface area contributed by atoms with Crippen molar-refractivity contribution in [3.63, 3.8) is 0 Å². The number of thiazole rings is 1. The lowest BCUT2D eigenvalue weighted by Gasteiger charge is -2.42. The molecule has 3 atom stereocenters. The maximum atomic E-state index is 13.0. The molecule has 3 heterocycles. The van der Waals surface area contributed by atoms with Gasteiger partial charge in [-0.05, 0) is 38.1 Å². The number of anilines is 1. The van der Waals surface area contributed by atoms with Crippen LogP contribution in [0.5, 0.6) is 5.75 Å². The van der Waals surface area contributed by atoms with Crippen molar-refractivity contribution >= 4 is 61.2 Å². The number of nitrogens with zero attached hydrogens (tertiary/aromatic N) is 5. The summed E-state index contributed by atoms with van der Waals surface area (Å²) in [6.45, 7) is 2.07. The highest BCUT2D eigenvalue weighted by molar-refractivity contribution is 7.84. The Kier molecular flexibility index (Phi) is 8.95. The first-order chi connectivity index (χ1) is 19.8. The summed E-state index contributed by atoms with van der Waals surface area (Å²) in [7, 11) is -2.93. The van der Waals surface area contributed by atoms with E-state index in [0.29, 0.717) is 12.3 Å². The largest absolute Gasteiger partial charge is 0.489 e. The highest BCUT2D eigenvalue weighted by Gasteiger charge is 2.51. The standard InChI is InChI=1S/C23H28N8O9S2/c1-12-18(21(33)31(12)42(36,37)38)27-20(32)19(15-11-41-23(25)26-15)28-40-17(22(34)35)10-39-14-4-5-16-13(8-14)9-29(2)30(16)7-3-6-24/h4-5,8-9,11-12,17-18H,3,6-7,10,24H2,1-2H3,(H4-,25,26,27,32,34,35,36,37,38)/p+1/b28-19-/t12?,17?,18-/m0/s1. The molecule has 2 unspecified atom stereocenters. The third-order valence-electron chi connectivity index (χ3n) is 6.36. The van der Waals surface area contributed by atoms with Crippen LogP contribution in [0.3, 0.4) is 0 Å². The summed E-state index contributed by atoms with van der Waals surface area (Å²) in [4.78, 5) is 46.2. The number of benzene rings is 1. The van der Waals surface area contributed by atoms with Gasteiger partial charge in [0.05, 0.1) is 18.0 Å². The van der Waals surface area contributed by atoms with Gasteiger partial charge in [-0.15, -0.1) is 16.0 Å². The van der Waals surface area contributed by atoms with Gasteiger partial charge in [0.2, 0.25) is 6.20 Å². The molecular formula is C23H29N8O9S2+. The number of nitrogens with one attached hydrogen (secondary N) is 1. The zero-order chi connectivity index (χ0) is 30.8. The first kappa shape index (κ1) is 30.6. The number of carbonyl (C=O) groups is 3. The van der Waals surface area contributed by atoms with Crippen LogP contribution in [0.1, 0.15) is 19.0 Å². The molecule has 42 heavy (non-hydrogen) atoms. The van der Waals surface area contributed by atoms with Crippen LogP contribution in [-0.2, 0) is 43.1 Å². The van der Waals surface area contributed by atoms with Gasteiger partial charge in [0.1, 0.15) is 29.6 Å². The van der Waals surface area contributed by atoms with Crippen LogP contribution in [0, 0.1) is 0 Å². The monoisotopic (exact) mass is 625 g/mol. The molecule has 2 amide bonds. The first-order valence-corrected chi connectivity index (χ1v) is 14.7. The Morgan fingerprint density at radius 1 is 1.36 bits per heavy atom. The van der Waals surface area contributed by atoms with Gasteiger partial charge in [-0.25, -0.2) is 14.1 Å². The lowest BCUT2D eigenvalue weighted by molar-refractivity contribution is -0.751. The summed E-state index contributed by atoms with van der Waals surface area (Å²) in [5, 5.41) is 17.9. The molecule has 0 radical (unpaired) electrons. The fourth-order valence-electron chi connectivity index (χ4n) is 4.27. The van der Waals surface area contributed by atoms with E-state index < -0.39 is 58.6 Å². The summed E-state index contributed by atoms with van der Waals surface area (Å²) in [5.74, 6) is -3.18. The summed E-state index contributed by atoms with van der Waals surface area (Å²) in [5.41, 5.74) is 11.6. The molecule has 0 aliphatic carbocycles. The second kappa shape index (κ2) is 12.3. The van der Waals surface area contributed by atoms with Crippen molar-refractivity contribution in [1.29, 1.82) is 0 Å². The number of nitrogens with two attached hydrogens (primary N) is 2. The Hall–Kier alpha value is -4.33. The van der Waals surface area contributed by atoms with E-state index in [0.717, 1.165) is 35.2 Å². The Labute approximate surface area is 243 Å².